The topological polar surface area (TPSA) is 95.9 Å². The summed E-state index contributed by atoms with van der Waals surface area (Å²) in [6, 6.07) is -0.879. The van der Waals surface area contributed by atoms with Crippen LogP contribution in [0, 0.1) is 0 Å². The van der Waals surface area contributed by atoms with E-state index in [0.717, 1.165) is 4.90 Å². The first-order chi connectivity index (χ1) is 8.06. The first kappa shape index (κ1) is 13.4. The lowest BCUT2D eigenvalue weighted by molar-refractivity contribution is -0.147. The van der Waals surface area contributed by atoms with Crippen LogP contribution in [0.2, 0.25) is 0 Å². The maximum atomic E-state index is 11.4. The molecule has 0 radical (unpaired) electrons. The Hall–Kier alpha value is -1.63. The molecule has 0 aromatic heterocycles. The van der Waals surface area contributed by atoms with Gasteiger partial charge in [-0.15, -0.1) is 0 Å². The van der Waals surface area contributed by atoms with E-state index in [1.807, 2.05) is 0 Å². The van der Waals surface area contributed by atoms with Crippen LogP contribution in [0.5, 0.6) is 0 Å². The van der Waals surface area contributed by atoms with Gasteiger partial charge in [-0.3, -0.25) is 9.59 Å². The van der Waals surface area contributed by atoms with Gasteiger partial charge in [-0.05, 0) is 6.42 Å². The summed E-state index contributed by atoms with van der Waals surface area (Å²) in [7, 11) is 1.51. The fourth-order valence-electron chi connectivity index (χ4n) is 1.69. The van der Waals surface area contributed by atoms with Crippen molar-refractivity contribution >= 4 is 17.8 Å². The lowest BCUT2D eigenvalue weighted by Gasteiger charge is -2.20. The number of carboxylic acid groups (broad SMARTS) is 1. The zero-order chi connectivity index (χ0) is 12.8. The minimum Gasteiger partial charge on any atom is -0.480 e. The highest BCUT2D eigenvalue weighted by Crippen LogP contribution is 2.18. The molecule has 1 fully saturated rings. The first-order valence-corrected chi connectivity index (χ1v) is 5.34. The average molecular weight is 244 g/mol. The number of likely N-dealkylation sites (tertiary alicyclic amines) is 1. The van der Waals surface area contributed by atoms with Gasteiger partial charge in [-0.1, -0.05) is 0 Å². The Morgan fingerprint density at radius 1 is 1.59 bits per heavy atom. The van der Waals surface area contributed by atoms with Crippen LogP contribution in [0.4, 0.5) is 0 Å². The van der Waals surface area contributed by atoms with Gasteiger partial charge in [-0.2, -0.15) is 0 Å². The third-order valence-electron chi connectivity index (χ3n) is 2.56. The SMILES string of the molecule is COCCNC(=O)CN1C(=O)CCC1C(=O)O. The van der Waals surface area contributed by atoms with Crippen LogP contribution in [-0.4, -0.2) is 60.6 Å². The minimum absolute atomic E-state index is 0.183. The Bertz CT molecular complexity index is 318. The maximum Gasteiger partial charge on any atom is 0.326 e. The molecule has 1 rings (SSSR count). The Morgan fingerprint density at radius 2 is 2.29 bits per heavy atom. The molecule has 2 amide bonds. The molecule has 1 aliphatic heterocycles. The number of methoxy groups -OCH3 is 1. The van der Waals surface area contributed by atoms with Gasteiger partial charge in [0.15, 0.2) is 0 Å². The predicted octanol–water partition coefficient (Wildman–Crippen LogP) is -1.18. The zero-order valence-corrected chi connectivity index (χ0v) is 9.64. The summed E-state index contributed by atoms with van der Waals surface area (Å²) in [5, 5.41) is 11.4. The number of carbonyl (C=O) groups excluding carboxylic acids is 2. The molecule has 2 N–H and O–H groups in total. The maximum absolute atomic E-state index is 11.4. The number of nitrogens with one attached hydrogen (secondary N) is 1. The second-order valence-electron chi connectivity index (χ2n) is 3.76. The van der Waals surface area contributed by atoms with E-state index in [2.05, 4.69) is 5.32 Å². The Morgan fingerprint density at radius 3 is 2.88 bits per heavy atom. The summed E-state index contributed by atoms with van der Waals surface area (Å²) in [6.07, 6.45) is 0.446. The van der Waals surface area contributed by atoms with Crippen molar-refractivity contribution < 1.29 is 24.2 Å². The van der Waals surface area contributed by atoms with Crippen molar-refractivity contribution in [3.8, 4) is 0 Å². The molecular formula is C10H16N2O5. The van der Waals surface area contributed by atoms with Crippen LogP contribution in [0.25, 0.3) is 0 Å². The number of aliphatic carboxylic acids is 1. The Labute approximate surface area is 98.7 Å². The largest absolute Gasteiger partial charge is 0.480 e. The molecule has 96 valence electrons. The van der Waals surface area contributed by atoms with Crippen molar-refractivity contribution in [2.75, 3.05) is 26.8 Å². The molecule has 0 spiro atoms. The summed E-state index contributed by atoms with van der Waals surface area (Å²) >= 11 is 0. The van der Waals surface area contributed by atoms with Gasteiger partial charge in [0.2, 0.25) is 11.8 Å². The summed E-state index contributed by atoms with van der Waals surface area (Å²) in [5.41, 5.74) is 0. The summed E-state index contributed by atoms with van der Waals surface area (Å²) in [5.74, 6) is -1.73. The van der Waals surface area contributed by atoms with Crippen LogP contribution in [-0.2, 0) is 19.1 Å². The van der Waals surface area contributed by atoms with Crippen LogP contribution >= 0.6 is 0 Å². The molecule has 0 aromatic carbocycles. The fourth-order valence-corrected chi connectivity index (χ4v) is 1.69. The Balaban J connectivity index is 2.45. The second-order valence-corrected chi connectivity index (χ2v) is 3.76. The van der Waals surface area contributed by atoms with E-state index < -0.39 is 12.0 Å². The van der Waals surface area contributed by atoms with Crippen molar-refractivity contribution in [3.63, 3.8) is 0 Å². The van der Waals surface area contributed by atoms with Crippen molar-refractivity contribution in [1.29, 1.82) is 0 Å². The molecule has 1 unspecified atom stereocenters. The fraction of sp³-hybridized carbons (Fsp3) is 0.700. The van der Waals surface area contributed by atoms with Gasteiger partial charge in [0, 0.05) is 20.1 Å². The minimum atomic E-state index is -1.07. The van der Waals surface area contributed by atoms with Gasteiger partial charge in [0.1, 0.15) is 12.6 Å². The van der Waals surface area contributed by atoms with Crippen LogP contribution < -0.4 is 5.32 Å². The molecule has 0 aromatic rings. The normalized spacial score (nSPS) is 19.5. The molecular weight excluding hydrogens is 228 g/mol. The molecule has 0 aliphatic carbocycles. The van der Waals surface area contributed by atoms with Crippen LogP contribution in [0.3, 0.4) is 0 Å². The molecule has 1 heterocycles. The van der Waals surface area contributed by atoms with Crippen LogP contribution in [0.1, 0.15) is 12.8 Å². The highest BCUT2D eigenvalue weighted by atomic mass is 16.5. The summed E-state index contributed by atoms with van der Waals surface area (Å²) in [4.78, 5) is 34.8. The van der Waals surface area contributed by atoms with Gasteiger partial charge in [0.25, 0.3) is 0 Å². The van der Waals surface area contributed by atoms with Crippen molar-refractivity contribution in [1.82, 2.24) is 10.2 Å². The lowest BCUT2D eigenvalue weighted by Crippen LogP contribution is -2.45. The Kier molecular flexibility index (Phi) is 4.89. The first-order valence-electron chi connectivity index (χ1n) is 5.34. The third-order valence-corrected chi connectivity index (χ3v) is 2.56. The molecule has 0 bridgehead atoms. The number of nitrogens with zero attached hydrogens (tertiary/aromatic N) is 1. The average Bonchev–Trinajstić information content (AvgIpc) is 2.61. The summed E-state index contributed by atoms with van der Waals surface area (Å²) in [6.45, 7) is 0.511. The summed E-state index contributed by atoms with van der Waals surface area (Å²) < 4.78 is 4.75. The molecule has 1 aliphatic rings. The highest BCUT2D eigenvalue weighted by molar-refractivity contribution is 5.91. The highest BCUT2D eigenvalue weighted by Gasteiger charge is 2.36. The van der Waals surface area contributed by atoms with Gasteiger partial charge in [0.05, 0.1) is 6.61 Å². The van der Waals surface area contributed by atoms with Crippen LogP contribution in [0.15, 0.2) is 0 Å². The zero-order valence-electron chi connectivity index (χ0n) is 9.64. The number of carbonyl (C=O) groups is 3. The number of hydrogen-bond acceptors (Lipinski definition) is 4. The molecule has 7 heteroatoms. The van der Waals surface area contributed by atoms with E-state index >= 15 is 0 Å². The number of rotatable bonds is 6. The molecule has 1 saturated heterocycles. The molecule has 17 heavy (non-hydrogen) atoms. The molecule has 1 atom stereocenters. The second kappa shape index (κ2) is 6.19. The molecule has 7 nitrogen and oxygen atoms in total. The van der Waals surface area contributed by atoms with Crippen molar-refractivity contribution in [3.05, 3.63) is 0 Å². The smallest absolute Gasteiger partial charge is 0.326 e. The van der Waals surface area contributed by atoms with E-state index in [1.54, 1.807) is 0 Å². The van der Waals surface area contributed by atoms with Crippen molar-refractivity contribution in [2.45, 2.75) is 18.9 Å². The lowest BCUT2D eigenvalue weighted by atomic mass is 10.2. The number of ether oxygens (including phenoxy) is 1. The standard InChI is InChI=1S/C10H16N2O5/c1-17-5-4-11-8(13)6-12-7(10(15)16)2-3-9(12)14/h7H,2-6H2,1H3,(H,11,13)(H,15,16). The van der Waals surface area contributed by atoms with Crippen molar-refractivity contribution in [2.24, 2.45) is 0 Å². The number of carboxylic acids is 1. The number of hydrogen-bond donors (Lipinski definition) is 2. The van der Waals surface area contributed by atoms with Gasteiger partial charge >= 0.3 is 5.97 Å². The van der Waals surface area contributed by atoms with E-state index in [0.29, 0.717) is 13.2 Å². The molecule has 0 saturated carbocycles. The predicted molar refractivity (Wildman–Crippen MR) is 57.3 cm³/mol. The van der Waals surface area contributed by atoms with Gasteiger partial charge < -0.3 is 20.1 Å². The monoisotopic (exact) mass is 244 g/mol. The number of amides is 2. The van der Waals surface area contributed by atoms with Gasteiger partial charge in [-0.25, -0.2) is 4.79 Å². The van der Waals surface area contributed by atoms with E-state index in [9.17, 15) is 14.4 Å². The third kappa shape index (κ3) is 3.70. The van der Waals surface area contributed by atoms with E-state index in [-0.39, 0.29) is 31.2 Å². The van der Waals surface area contributed by atoms with E-state index in [4.69, 9.17) is 9.84 Å². The van der Waals surface area contributed by atoms with E-state index in [1.165, 1.54) is 7.11 Å². The quantitative estimate of drug-likeness (QED) is 0.574.